The smallest absolute Gasteiger partial charge is 0.303 e. The molecular weight excluding hydrogens is 428 g/mol. The van der Waals surface area contributed by atoms with E-state index in [-0.39, 0.29) is 12.8 Å². The van der Waals surface area contributed by atoms with Gasteiger partial charge in [-0.05, 0) is 40.6 Å². The van der Waals surface area contributed by atoms with Gasteiger partial charge in [-0.1, -0.05) is 78.9 Å². The van der Waals surface area contributed by atoms with E-state index < -0.39 is 23.8 Å². The third kappa shape index (κ3) is 5.30. The third-order valence-corrected chi connectivity index (χ3v) is 5.49. The van der Waals surface area contributed by atoms with Gasteiger partial charge in [-0.25, -0.2) is 0 Å². The van der Waals surface area contributed by atoms with E-state index in [1.54, 1.807) is 48.5 Å². The van der Waals surface area contributed by atoms with Gasteiger partial charge < -0.3 is 10.4 Å². The molecule has 4 aromatic rings. The highest BCUT2D eigenvalue weighted by molar-refractivity contribution is 6.06. The first kappa shape index (κ1) is 22.7. The minimum absolute atomic E-state index is 0.225. The van der Waals surface area contributed by atoms with Crippen LogP contribution in [0, 0.1) is 0 Å². The number of carbonyl (C=O) groups is 3. The van der Waals surface area contributed by atoms with Crippen molar-refractivity contribution in [2.75, 3.05) is 10.2 Å². The van der Waals surface area contributed by atoms with Crippen molar-refractivity contribution in [1.29, 1.82) is 0 Å². The van der Waals surface area contributed by atoms with Gasteiger partial charge in [0.05, 0.1) is 6.42 Å². The van der Waals surface area contributed by atoms with Crippen LogP contribution in [0.4, 0.5) is 11.4 Å². The van der Waals surface area contributed by atoms with Crippen LogP contribution in [0.5, 0.6) is 0 Å². The fourth-order valence-corrected chi connectivity index (χ4v) is 3.89. The second-order valence-electron chi connectivity index (χ2n) is 7.86. The summed E-state index contributed by atoms with van der Waals surface area (Å²) in [5.74, 6) is -1.91. The predicted octanol–water partition coefficient (Wildman–Crippen LogP) is 5.42. The molecule has 0 radical (unpaired) electrons. The number of hydrogen-bond donors (Lipinski definition) is 2. The molecule has 1 atom stereocenters. The Labute approximate surface area is 197 Å². The van der Waals surface area contributed by atoms with Gasteiger partial charge in [0.25, 0.3) is 5.91 Å². The molecule has 0 aliphatic heterocycles. The van der Waals surface area contributed by atoms with Crippen molar-refractivity contribution in [2.24, 2.45) is 0 Å². The number of fused-ring (bicyclic) bond motifs is 1. The summed E-state index contributed by atoms with van der Waals surface area (Å²) in [7, 11) is 0. The van der Waals surface area contributed by atoms with Crippen molar-refractivity contribution in [3.8, 4) is 0 Å². The number of benzene rings is 4. The van der Waals surface area contributed by atoms with Crippen molar-refractivity contribution in [2.45, 2.75) is 18.9 Å². The summed E-state index contributed by atoms with van der Waals surface area (Å²) < 4.78 is 0. The van der Waals surface area contributed by atoms with Crippen LogP contribution in [-0.2, 0) is 14.4 Å². The van der Waals surface area contributed by atoms with Crippen LogP contribution < -0.4 is 10.2 Å². The molecule has 6 heteroatoms. The molecule has 2 N–H and O–H groups in total. The van der Waals surface area contributed by atoms with E-state index >= 15 is 0 Å². The highest BCUT2D eigenvalue weighted by Crippen LogP contribution is 2.30. The lowest BCUT2D eigenvalue weighted by molar-refractivity contribution is -0.138. The van der Waals surface area contributed by atoms with E-state index in [0.29, 0.717) is 16.9 Å². The predicted molar refractivity (Wildman–Crippen MR) is 133 cm³/mol. The van der Waals surface area contributed by atoms with Crippen LogP contribution in [-0.4, -0.2) is 22.9 Å². The van der Waals surface area contributed by atoms with Crippen LogP contribution in [0.1, 0.15) is 24.4 Å². The number of nitrogens with zero attached hydrogens (tertiary/aromatic N) is 1. The molecule has 0 heterocycles. The molecule has 0 bridgehead atoms. The summed E-state index contributed by atoms with van der Waals surface area (Å²) in [6.07, 6.45) is -0.549. The van der Waals surface area contributed by atoms with Crippen molar-refractivity contribution in [3.05, 3.63) is 109 Å². The van der Waals surface area contributed by atoms with E-state index in [1.807, 2.05) is 54.6 Å². The topological polar surface area (TPSA) is 86.7 Å². The first-order chi connectivity index (χ1) is 16.5. The maximum absolute atomic E-state index is 13.7. The van der Waals surface area contributed by atoms with Crippen molar-refractivity contribution in [3.63, 3.8) is 0 Å². The molecule has 170 valence electrons. The summed E-state index contributed by atoms with van der Waals surface area (Å²) in [5.41, 5.74) is 1.74. The molecule has 1 unspecified atom stereocenters. The number of nitrogens with one attached hydrogen (secondary N) is 1. The van der Waals surface area contributed by atoms with E-state index in [2.05, 4.69) is 5.32 Å². The minimum atomic E-state index is -1.07. The molecule has 4 rings (SSSR count). The first-order valence-corrected chi connectivity index (χ1v) is 11.0. The van der Waals surface area contributed by atoms with Gasteiger partial charge in [0, 0.05) is 17.8 Å². The number of amides is 2. The van der Waals surface area contributed by atoms with E-state index in [0.717, 1.165) is 10.8 Å². The molecule has 0 aliphatic carbocycles. The molecule has 0 spiro atoms. The quantitative estimate of drug-likeness (QED) is 0.374. The molecule has 0 saturated heterocycles. The minimum Gasteiger partial charge on any atom is -0.481 e. The number of aliphatic carboxylic acids is 1. The summed E-state index contributed by atoms with van der Waals surface area (Å²) in [6, 6.07) is 30.3. The van der Waals surface area contributed by atoms with Crippen LogP contribution in [0.25, 0.3) is 10.8 Å². The molecule has 0 fully saturated rings. The van der Waals surface area contributed by atoms with E-state index in [9.17, 15) is 14.4 Å². The largest absolute Gasteiger partial charge is 0.481 e. The Hall–Kier alpha value is -4.45. The van der Waals surface area contributed by atoms with Gasteiger partial charge in [0.15, 0.2) is 0 Å². The van der Waals surface area contributed by atoms with Crippen LogP contribution in [0.2, 0.25) is 0 Å². The van der Waals surface area contributed by atoms with Crippen molar-refractivity contribution in [1.82, 2.24) is 0 Å². The zero-order valence-electron chi connectivity index (χ0n) is 18.4. The lowest BCUT2D eigenvalue weighted by Crippen LogP contribution is -2.41. The van der Waals surface area contributed by atoms with Gasteiger partial charge in [-0.2, -0.15) is 0 Å². The van der Waals surface area contributed by atoms with Crippen LogP contribution in [0.3, 0.4) is 0 Å². The van der Waals surface area contributed by atoms with Crippen LogP contribution in [0.15, 0.2) is 103 Å². The van der Waals surface area contributed by atoms with E-state index in [1.165, 1.54) is 4.90 Å². The van der Waals surface area contributed by atoms with Gasteiger partial charge in [0.1, 0.15) is 6.04 Å². The van der Waals surface area contributed by atoms with E-state index in [4.69, 9.17) is 5.11 Å². The third-order valence-electron chi connectivity index (χ3n) is 5.49. The number of carbonyl (C=O) groups excluding carboxylic acids is 2. The summed E-state index contributed by atoms with van der Waals surface area (Å²) in [6.45, 7) is 0. The fourth-order valence-electron chi connectivity index (χ4n) is 3.89. The molecule has 0 saturated carbocycles. The normalized spacial score (nSPS) is 11.5. The average molecular weight is 453 g/mol. The molecule has 6 nitrogen and oxygen atoms in total. The molecule has 4 aromatic carbocycles. The van der Waals surface area contributed by atoms with Gasteiger partial charge in [-0.15, -0.1) is 0 Å². The highest BCUT2D eigenvalue weighted by atomic mass is 16.4. The summed E-state index contributed by atoms with van der Waals surface area (Å²) in [4.78, 5) is 39.5. The molecule has 2 amide bonds. The zero-order chi connectivity index (χ0) is 23.9. The molecular formula is C28H24N2O4. The maximum Gasteiger partial charge on any atom is 0.303 e. The van der Waals surface area contributed by atoms with Crippen molar-refractivity contribution >= 4 is 39.9 Å². The fraction of sp³-hybridized carbons (Fsp3) is 0.107. The number of carboxylic acid groups (broad SMARTS) is 1. The van der Waals surface area contributed by atoms with Gasteiger partial charge >= 0.3 is 5.97 Å². The Morgan fingerprint density at radius 1 is 0.735 bits per heavy atom. The Balaban J connectivity index is 1.73. The molecule has 0 aromatic heterocycles. The second-order valence-corrected chi connectivity index (χ2v) is 7.86. The summed E-state index contributed by atoms with van der Waals surface area (Å²) >= 11 is 0. The second kappa shape index (κ2) is 10.4. The Morgan fingerprint density at radius 3 is 2.03 bits per heavy atom. The lowest BCUT2D eigenvalue weighted by atomic mass is 10.0. The van der Waals surface area contributed by atoms with Crippen LogP contribution >= 0.6 is 0 Å². The number of anilines is 2. The average Bonchev–Trinajstić information content (AvgIpc) is 2.86. The lowest BCUT2D eigenvalue weighted by Gasteiger charge is -2.31. The Bertz CT molecular complexity index is 1310. The molecule has 0 aliphatic rings. The number of para-hydroxylation sites is 1. The molecule has 34 heavy (non-hydrogen) atoms. The Morgan fingerprint density at radius 2 is 1.35 bits per heavy atom. The number of hydrogen-bond acceptors (Lipinski definition) is 3. The highest BCUT2D eigenvalue weighted by Gasteiger charge is 2.32. The number of carboxylic acids is 1. The monoisotopic (exact) mass is 452 g/mol. The van der Waals surface area contributed by atoms with Gasteiger partial charge in [-0.3, -0.25) is 19.3 Å². The SMILES string of the molecule is O=C(O)CCC(=O)N(c1ccccc1)C(C(=O)Nc1ccc2ccccc2c1)c1ccccc1. The zero-order valence-corrected chi connectivity index (χ0v) is 18.4. The maximum atomic E-state index is 13.7. The van der Waals surface area contributed by atoms with Crippen molar-refractivity contribution < 1.29 is 19.5 Å². The first-order valence-electron chi connectivity index (χ1n) is 11.0. The number of rotatable bonds is 8. The standard InChI is InChI=1S/C28H24N2O4/c31-25(17-18-26(32)33)30(24-13-5-2-6-14-24)27(21-10-3-1-4-11-21)28(34)29-23-16-15-20-9-7-8-12-22(20)19-23/h1-16,19,27H,17-18H2,(H,29,34)(H,32,33). The Kier molecular flexibility index (Phi) is 6.98. The summed E-state index contributed by atoms with van der Waals surface area (Å²) in [5, 5.41) is 14.1. The van der Waals surface area contributed by atoms with Gasteiger partial charge in [0.2, 0.25) is 5.91 Å².